The molecule has 0 radical (unpaired) electrons. The SMILES string of the molecule is Oc1ccccc1.[Br-].[Br-]. The molecular weight excluding hydrogens is 248 g/mol. The molecule has 3 heteroatoms. The first kappa shape index (κ1) is 11.7. The van der Waals surface area contributed by atoms with Crippen LogP contribution in [0.1, 0.15) is 0 Å². The summed E-state index contributed by atoms with van der Waals surface area (Å²) in [4.78, 5) is 0. The summed E-state index contributed by atoms with van der Waals surface area (Å²) in [6, 6.07) is 8.71. The van der Waals surface area contributed by atoms with Gasteiger partial charge in [-0.1, -0.05) is 18.2 Å². The Labute approximate surface area is 75.3 Å². The van der Waals surface area contributed by atoms with Crippen LogP contribution < -0.4 is 34.0 Å². The van der Waals surface area contributed by atoms with Gasteiger partial charge in [0, 0.05) is 0 Å². The zero-order valence-corrected chi connectivity index (χ0v) is 7.76. The Morgan fingerprint density at radius 3 is 1.56 bits per heavy atom. The molecule has 1 N–H and O–H groups in total. The highest BCUT2D eigenvalue weighted by molar-refractivity contribution is 5.18. The van der Waals surface area contributed by atoms with Gasteiger partial charge in [0.15, 0.2) is 0 Å². The van der Waals surface area contributed by atoms with E-state index in [0.717, 1.165) is 0 Å². The molecule has 0 spiro atoms. The van der Waals surface area contributed by atoms with Gasteiger partial charge in [-0.05, 0) is 12.1 Å². The number of para-hydroxylation sites is 1. The van der Waals surface area contributed by atoms with Gasteiger partial charge in [0.2, 0.25) is 0 Å². The lowest BCUT2D eigenvalue weighted by atomic mass is 10.3. The van der Waals surface area contributed by atoms with Gasteiger partial charge in [0.1, 0.15) is 5.75 Å². The van der Waals surface area contributed by atoms with Gasteiger partial charge >= 0.3 is 0 Å². The van der Waals surface area contributed by atoms with Crippen molar-refractivity contribution in [2.24, 2.45) is 0 Å². The van der Waals surface area contributed by atoms with Gasteiger partial charge in [-0.15, -0.1) is 0 Å². The van der Waals surface area contributed by atoms with Crippen molar-refractivity contribution in [1.82, 2.24) is 0 Å². The first-order chi connectivity index (χ1) is 3.39. The van der Waals surface area contributed by atoms with E-state index in [1.54, 1.807) is 24.3 Å². The Balaban J connectivity index is 0. The van der Waals surface area contributed by atoms with Gasteiger partial charge in [-0.25, -0.2) is 0 Å². The Kier molecular flexibility index (Phi) is 7.96. The maximum atomic E-state index is 8.63. The van der Waals surface area contributed by atoms with Gasteiger partial charge in [-0.2, -0.15) is 0 Å². The second kappa shape index (κ2) is 6.11. The molecule has 0 amide bonds. The number of phenolic OH excluding ortho intramolecular Hbond substituents is 1. The molecule has 1 aromatic rings. The van der Waals surface area contributed by atoms with Crippen molar-refractivity contribution >= 4 is 0 Å². The lowest BCUT2D eigenvalue weighted by Gasteiger charge is -1.82. The molecule has 1 nitrogen and oxygen atoms in total. The van der Waals surface area contributed by atoms with E-state index in [2.05, 4.69) is 0 Å². The Bertz CT molecular complexity index is 141. The van der Waals surface area contributed by atoms with Crippen molar-refractivity contribution in [3.05, 3.63) is 30.3 Å². The highest BCUT2D eigenvalue weighted by atomic mass is 79.9. The fourth-order valence-electron chi connectivity index (χ4n) is 0.428. The van der Waals surface area contributed by atoms with Crippen LogP contribution >= 0.6 is 0 Å². The molecule has 0 fully saturated rings. The number of phenols is 1. The normalized spacial score (nSPS) is 6.67. The lowest BCUT2D eigenvalue weighted by Crippen LogP contribution is -3.00. The standard InChI is InChI=1S/C6H6O.2BrH/c7-6-4-2-1-3-5-6;;/h1-5,7H;2*1H/p-2. The van der Waals surface area contributed by atoms with E-state index in [1.165, 1.54) is 0 Å². The second-order valence-electron chi connectivity index (χ2n) is 1.34. The Morgan fingerprint density at radius 2 is 1.33 bits per heavy atom. The van der Waals surface area contributed by atoms with E-state index >= 15 is 0 Å². The molecule has 0 heterocycles. The van der Waals surface area contributed by atoms with Crippen molar-refractivity contribution in [3.8, 4) is 5.75 Å². The van der Waals surface area contributed by atoms with Crippen LogP contribution in [0, 0.1) is 0 Å². The predicted molar refractivity (Wildman–Crippen MR) is 28.1 cm³/mol. The number of hydrogen-bond donors (Lipinski definition) is 1. The predicted octanol–water partition coefficient (Wildman–Crippen LogP) is -4.60. The van der Waals surface area contributed by atoms with Crippen LogP contribution in [0.2, 0.25) is 0 Å². The molecule has 0 atom stereocenters. The molecule has 1 aromatic carbocycles. The highest BCUT2D eigenvalue weighted by Crippen LogP contribution is 2.02. The molecule has 0 aliphatic rings. The third kappa shape index (κ3) is 4.48. The fraction of sp³-hybridized carbons (Fsp3) is 0. The molecule has 0 saturated heterocycles. The summed E-state index contributed by atoms with van der Waals surface area (Å²) in [7, 11) is 0. The number of hydrogen-bond acceptors (Lipinski definition) is 1. The van der Waals surface area contributed by atoms with E-state index in [9.17, 15) is 0 Å². The van der Waals surface area contributed by atoms with E-state index in [0.29, 0.717) is 5.75 Å². The van der Waals surface area contributed by atoms with Crippen LogP contribution in [0.5, 0.6) is 5.75 Å². The molecule has 1 rings (SSSR count). The van der Waals surface area contributed by atoms with Crippen molar-refractivity contribution in [3.63, 3.8) is 0 Å². The summed E-state index contributed by atoms with van der Waals surface area (Å²) in [5, 5.41) is 8.63. The maximum absolute atomic E-state index is 8.63. The zero-order valence-electron chi connectivity index (χ0n) is 4.59. The summed E-state index contributed by atoms with van der Waals surface area (Å²) in [6.07, 6.45) is 0. The summed E-state index contributed by atoms with van der Waals surface area (Å²) in [5.74, 6) is 0.322. The number of aromatic hydroxyl groups is 1. The first-order valence-corrected chi connectivity index (χ1v) is 2.13. The molecule has 9 heavy (non-hydrogen) atoms. The van der Waals surface area contributed by atoms with Crippen molar-refractivity contribution in [2.45, 2.75) is 0 Å². The van der Waals surface area contributed by atoms with E-state index in [4.69, 9.17) is 5.11 Å². The van der Waals surface area contributed by atoms with E-state index in [1.807, 2.05) is 6.07 Å². The molecule has 0 aromatic heterocycles. The summed E-state index contributed by atoms with van der Waals surface area (Å²) < 4.78 is 0. The summed E-state index contributed by atoms with van der Waals surface area (Å²) in [5.41, 5.74) is 0. The van der Waals surface area contributed by atoms with Gasteiger partial charge in [0.05, 0.1) is 0 Å². The Morgan fingerprint density at radius 1 is 0.889 bits per heavy atom. The largest absolute Gasteiger partial charge is 1.00 e. The first-order valence-electron chi connectivity index (χ1n) is 2.13. The minimum Gasteiger partial charge on any atom is -1.00 e. The fourth-order valence-corrected chi connectivity index (χ4v) is 0.428. The van der Waals surface area contributed by atoms with Crippen LogP contribution in [0.3, 0.4) is 0 Å². The molecule has 0 aliphatic heterocycles. The van der Waals surface area contributed by atoms with Gasteiger partial charge in [0.25, 0.3) is 0 Å². The molecule has 0 bridgehead atoms. The summed E-state index contributed by atoms with van der Waals surface area (Å²) in [6.45, 7) is 0. The highest BCUT2D eigenvalue weighted by Gasteiger charge is 1.74. The minimum atomic E-state index is 0. The third-order valence-corrected chi connectivity index (χ3v) is 0.756. The molecule has 0 saturated carbocycles. The second-order valence-corrected chi connectivity index (χ2v) is 1.34. The van der Waals surface area contributed by atoms with Crippen LogP contribution in [0.25, 0.3) is 0 Å². The monoisotopic (exact) mass is 252 g/mol. The number of benzene rings is 1. The van der Waals surface area contributed by atoms with E-state index in [-0.39, 0.29) is 34.0 Å². The molecule has 52 valence electrons. The van der Waals surface area contributed by atoms with E-state index < -0.39 is 0 Å². The van der Waals surface area contributed by atoms with Crippen molar-refractivity contribution < 1.29 is 39.1 Å². The van der Waals surface area contributed by atoms with Crippen LogP contribution in [-0.2, 0) is 0 Å². The van der Waals surface area contributed by atoms with Crippen molar-refractivity contribution in [2.75, 3.05) is 0 Å². The Hall–Kier alpha value is -0.0200. The zero-order chi connectivity index (χ0) is 5.11. The smallest absolute Gasteiger partial charge is 0.115 e. The minimum absolute atomic E-state index is 0. The average molecular weight is 254 g/mol. The number of rotatable bonds is 0. The summed E-state index contributed by atoms with van der Waals surface area (Å²) >= 11 is 0. The topological polar surface area (TPSA) is 20.2 Å². The van der Waals surface area contributed by atoms with Crippen LogP contribution in [-0.4, -0.2) is 5.11 Å². The molecule has 0 aliphatic carbocycles. The quantitative estimate of drug-likeness (QED) is 0.494. The molecular formula is C6H6Br2O-2. The maximum Gasteiger partial charge on any atom is 0.115 e. The lowest BCUT2D eigenvalue weighted by molar-refractivity contribution is -0.00100. The third-order valence-electron chi connectivity index (χ3n) is 0.756. The molecule has 0 unspecified atom stereocenters. The van der Waals surface area contributed by atoms with Crippen LogP contribution in [0.4, 0.5) is 0 Å². The van der Waals surface area contributed by atoms with Gasteiger partial charge in [-0.3, -0.25) is 0 Å². The average Bonchev–Trinajstić information content (AvgIpc) is 1.69. The van der Waals surface area contributed by atoms with Gasteiger partial charge < -0.3 is 39.1 Å². The van der Waals surface area contributed by atoms with Crippen LogP contribution in [0.15, 0.2) is 30.3 Å². The van der Waals surface area contributed by atoms with Crippen molar-refractivity contribution in [1.29, 1.82) is 0 Å². The number of halogens is 2.